The highest BCUT2D eigenvalue weighted by atomic mass is 79.9. The van der Waals surface area contributed by atoms with Gasteiger partial charge >= 0.3 is 0 Å². The SMILES string of the molecule is COc1ccc(-c2nc(Br)c3ccncn23)cc1. The van der Waals surface area contributed by atoms with E-state index in [1.165, 1.54) is 0 Å². The van der Waals surface area contributed by atoms with E-state index in [2.05, 4.69) is 25.9 Å². The number of hydrogen-bond donors (Lipinski definition) is 0. The maximum Gasteiger partial charge on any atom is 0.147 e. The van der Waals surface area contributed by atoms with Gasteiger partial charge in [0.25, 0.3) is 0 Å². The largest absolute Gasteiger partial charge is 0.497 e. The second-order valence-corrected chi connectivity index (χ2v) is 4.54. The van der Waals surface area contributed by atoms with Crippen molar-refractivity contribution >= 4 is 21.4 Å². The molecular weight excluding hydrogens is 294 g/mol. The number of methoxy groups -OCH3 is 1. The maximum atomic E-state index is 5.15. The van der Waals surface area contributed by atoms with Crippen LogP contribution in [0.1, 0.15) is 0 Å². The fourth-order valence-electron chi connectivity index (χ4n) is 1.85. The minimum atomic E-state index is 0.815. The van der Waals surface area contributed by atoms with Gasteiger partial charge < -0.3 is 4.74 Å². The second-order valence-electron chi connectivity index (χ2n) is 3.79. The van der Waals surface area contributed by atoms with Crippen LogP contribution >= 0.6 is 15.9 Å². The Morgan fingerprint density at radius 1 is 1.17 bits per heavy atom. The Bertz CT molecular complexity index is 691. The lowest BCUT2D eigenvalue weighted by atomic mass is 10.2. The van der Waals surface area contributed by atoms with Crippen LogP contribution in [-0.4, -0.2) is 21.5 Å². The van der Waals surface area contributed by atoms with Crippen molar-refractivity contribution in [1.29, 1.82) is 0 Å². The molecule has 18 heavy (non-hydrogen) atoms. The molecule has 0 atom stereocenters. The molecule has 0 aliphatic carbocycles. The highest BCUT2D eigenvalue weighted by Crippen LogP contribution is 2.26. The first-order valence-electron chi connectivity index (χ1n) is 5.41. The monoisotopic (exact) mass is 303 g/mol. The van der Waals surface area contributed by atoms with Crippen LogP contribution in [0.2, 0.25) is 0 Å². The van der Waals surface area contributed by atoms with Crippen molar-refractivity contribution in [3.8, 4) is 17.1 Å². The molecule has 0 spiro atoms. The second kappa shape index (κ2) is 4.42. The average Bonchev–Trinajstić information content (AvgIpc) is 2.77. The third-order valence-electron chi connectivity index (χ3n) is 2.75. The van der Waals surface area contributed by atoms with Crippen LogP contribution in [0.15, 0.2) is 47.5 Å². The quantitative estimate of drug-likeness (QED) is 0.730. The number of rotatable bonds is 2. The van der Waals surface area contributed by atoms with E-state index >= 15 is 0 Å². The number of aromatic nitrogens is 3. The minimum absolute atomic E-state index is 0.815. The Balaban J connectivity index is 2.18. The maximum absolute atomic E-state index is 5.15. The zero-order valence-electron chi connectivity index (χ0n) is 9.67. The molecule has 0 N–H and O–H groups in total. The van der Waals surface area contributed by atoms with Gasteiger partial charge in [-0.2, -0.15) is 0 Å². The van der Waals surface area contributed by atoms with Gasteiger partial charge in [0.15, 0.2) is 0 Å². The smallest absolute Gasteiger partial charge is 0.147 e. The number of ether oxygens (including phenoxy) is 1. The molecule has 0 radical (unpaired) electrons. The van der Waals surface area contributed by atoms with Crippen LogP contribution in [-0.2, 0) is 0 Å². The van der Waals surface area contributed by atoms with Crippen LogP contribution in [0.5, 0.6) is 5.75 Å². The molecule has 0 aliphatic heterocycles. The van der Waals surface area contributed by atoms with E-state index in [-0.39, 0.29) is 0 Å². The summed E-state index contributed by atoms with van der Waals surface area (Å²) < 4.78 is 7.91. The summed E-state index contributed by atoms with van der Waals surface area (Å²) in [7, 11) is 1.65. The van der Waals surface area contributed by atoms with Crippen molar-refractivity contribution < 1.29 is 4.74 Å². The summed E-state index contributed by atoms with van der Waals surface area (Å²) in [5.41, 5.74) is 2.01. The lowest BCUT2D eigenvalue weighted by molar-refractivity contribution is 0.415. The van der Waals surface area contributed by atoms with E-state index < -0.39 is 0 Å². The molecule has 5 heteroatoms. The molecule has 0 bridgehead atoms. The molecule has 0 fully saturated rings. The molecule has 0 unspecified atom stereocenters. The van der Waals surface area contributed by atoms with Gasteiger partial charge in [-0.3, -0.25) is 4.40 Å². The fourth-order valence-corrected chi connectivity index (χ4v) is 2.34. The first-order valence-corrected chi connectivity index (χ1v) is 6.21. The lowest BCUT2D eigenvalue weighted by Gasteiger charge is -2.02. The number of nitrogens with zero attached hydrogens (tertiary/aromatic N) is 3. The predicted molar refractivity (Wildman–Crippen MR) is 72.7 cm³/mol. The summed E-state index contributed by atoms with van der Waals surface area (Å²) in [5, 5.41) is 0. The van der Waals surface area contributed by atoms with Gasteiger partial charge in [-0.05, 0) is 46.3 Å². The molecule has 0 aliphatic rings. The van der Waals surface area contributed by atoms with Crippen LogP contribution < -0.4 is 4.74 Å². The molecular formula is C13H10BrN3O. The standard InChI is InChI=1S/C13H10BrN3O/c1-18-10-4-2-9(3-5-10)13-16-12(14)11-6-7-15-8-17(11)13/h2-8H,1H3. The molecule has 3 aromatic rings. The van der Waals surface area contributed by atoms with Crippen molar-refractivity contribution in [2.75, 3.05) is 7.11 Å². The minimum Gasteiger partial charge on any atom is -0.497 e. The molecule has 0 amide bonds. The Morgan fingerprint density at radius 2 is 1.94 bits per heavy atom. The zero-order valence-corrected chi connectivity index (χ0v) is 11.3. The van der Waals surface area contributed by atoms with E-state index in [9.17, 15) is 0 Å². The first kappa shape index (κ1) is 11.2. The number of fused-ring (bicyclic) bond motifs is 1. The van der Waals surface area contributed by atoms with Crippen molar-refractivity contribution in [1.82, 2.24) is 14.4 Å². The van der Waals surface area contributed by atoms with Gasteiger partial charge in [-0.1, -0.05) is 0 Å². The fraction of sp³-hybridized carbons (Fsp3) is 0.0769. The van der Waals surface area contributed by atoms with E-state index in [0.717, 1.165) is 27.3 Å². The average molecular weight is 304 g/mol. The number of benzene rings is 1. The van der Waals surface area contributed by atoms with E-state index in [1.54, 1.807) is 19.6 Å². The van der Waals surface area contributed by atoms with Crippen molar-refractivity contribution in [2.45, 2.75) is 0 Å². The highest BCUT2D eigenvalue weighted by Gasteiger charge is 2.10. The molecule has 1 aromatic carbocycles. The van der Waals surface area contributed by atoms with Crippen molar-refractivity contribution in [2.24, 2.45) is 0 Å². The Kier molecular flexibility index (Phi) is 2.76. The topological polar surface area (TPSA) is 39.4 Å². The molecule has 3 rings (SSSR count). The van der Waals surface area contributed by atoms with Crippen molar-refractivity contribution in [3.63, 3.8) is 0 Å². The number of halogens is 1. The van der Waals surface area contributed by atoms with Crippen LogP contribution in [0.4, 0.5) is 0 Å². The Labute approximate surface area is 112 Å². The molecule has 2 aromatic heterocycles. The van der Waals surface area contributed by atoms with Gasteiger partial charge in [0.1, 0.15) is 22.5 Å². The van der Waals surface area contributed by atoms with Crippen LogP contribution in [0.3, 0.4) is 0 Å². The first-order chi connectivity index (χ1) is 8.79. The van der Waals surface area contributed by atoms with E-state index in [1.807, 2.05) is 34.7 Å². The third-order valence-corrected chi connectivity index (χ3v) is 3.34. The highest BCUT2D eigenvalue weighted by molar-refractivity contribution is 9.10. The number of hydrogen-bond acceptors (Lipinski definition) is 3. The summed E-state index contributed by atoms with van der Waals surface area (Å²) in [6.45, 7) is 0. The van der Waals surface area contributed by atoms with Crippen LogP contribution in [0.25, 0.3) is 16.9 Å². The molecule has 0 saturated heterocycles. The van der Waals surface area contributed by atoms with E-state index in [0.29, 0.717) is 0 Å². The summed E-state index contributed by atoms with van der Waals surface area (Å²) in [6, 6.07) is 9.71. The lowest BCUT2D eigenvalue weighted by Crippen LogP contribution is -1.90. The molecule has 90 valence electrons. The molecule has 4 nitrogen and oxygen atoms in total. The number of imidazole rings is 1. The van der Waals surface area contributed by atoms with Gasteiger partial charge in [0, 0.05) is 11.8 Å². The Hall–Kier alpha value is -1.88. The van der Waals surface area contributed by atoms with Crippen LogP contribution in [0, 0.1) is 0 Å². The van der Waals surface area contributed by atoms with Gasteiger partial charge in [0.2, 0.25) is 0 Å². The molecule has 2 heterocycles. The normalized spacial score (nSPS) is 10.8. The Morgan fingerprint density at radius 3 is 2.67 bits per heavy atom. The van der Waals surface area contributed by atoms with Gasteiger partial charge in [-0.15, -0.1) is 0 Å². The van der Waals surface area contributed by atoms with E-state index in [4.69, 9.17) is 4.74 Å². The zero-order chi connectivity index (χ0) is 12.5. The summed E-state index contributed by atoms with van der Waals surface area (Å²) in [5.74, 6) is 1.68. The molecule has 0 saturated carbocycles. The summed E-state index contributed by atoms with van der Waals surface area (Å²) in [4.78, 5) is 8.64. The van der Waals surface area contributed by atoms with Gasteiger partial charge in [-0.25, -0.2) is 9.97 Å². The third kappa shape index (κ3) is 1.76. The summed E-state index contributed by atoms with van der Waals surface area (Å²) in [6.07, 6.45) is 3.51. The summed E-state index contributed by atoms with van der Waals surface area (Å²) >= 11 is 3.46. The van der Waals surface area contributed by atoms with Crippen molar-refractivity contribution in [3.05, 3.63) is 47.5 Å². The predicted octanol–water partition coefficient (Wildman–Crippen LogP) is 3.17. The van der Waals surface area contributed by atoms with Gasteiger partial charge in [0.05, 0.1) is 12.6 Å².